The van der Waals surface area contributed by atoms with E-state index in [1.165, 1.54) is 49.8 Å². The van der Waals surface area contributed by atoms with E-state index < -0.39 is 0 Å². The summed E-state index contributed by atoms with van der Waals surface area (Å²) < 4.78 is 1.99. The second-order valence-corrected chi connectivity index (χ2v) is 4.71. The summed E-state index contributed by atoms with van der Waals surface area (Å²) >= 11 is 0. The fourth-order valence-corrected chi connectivity index (χ4v) is 2.79. The summed E-state index contributed by atoms with van der Waals surface area (Å²) in [7, 11) is 2.02. The van der Waals surface area contributed by atoms with Crippen molar-refractivity contribution in [3.8, 4) is 0 Å². The molecule has 1 heterocycles. The molecule has 0 aliphatic heterocycles. The summed E-state index contributed by atoms with van der Waals surface area (Å²) in [4.78, 5) is 0. The second kappa shape index (κ2) is 4.25. The Morgan fingerprint density at radius 3 is 2.27 bits per heavy atom. The number of anilines is 1. The van der Waals surface area contributed by atoms with E-state index in [1.54, 1.807) is 0 Å². The molecule has 1 aromatic heterocycles. The highest BCUT2D eigenvalue weighted by Gasteiger charge is 2.21. The van der Waals surface area contributed by atoms with Gasteiger partial charge in [-0.15, -0.1) is 0 Å². The van der Waals surface area contributed by atoms with Crippen molar-refractivity contribution >= 4 is 5.82 Å². The van der Waals surface area contributed by atoms with Crippen molar-refractivity contribution in [1.82, 2.24) is 9.78 Å². The lowest BCUT2D eigenvalue weighted by molar-refractivity contribution is 0.539. The third kappa shape index (κ3) is 2.01. The summed E-state index contributed by atoms with van der Waals surface area (Å²) in [5, 5.41) is 4.31. The molecule has 2 N–H and O–H groups in total. The van der Waals surface area contributed by atoms with Crippen LogP contribution in [-0.2, 0) is 7.05 Å². The van der Waals surface area contributed by atoms with Crippen LogP contribution < -0.4 is 5.73 Å². The Morgan fingerprint density at radius 2 is 1.80 bits per heavy atom. The molecule has 0 amide bonds. The number of hydrogen-bond acceptors (Lipinski definition) is 2. The van der Waals surface area contributed by atoms with E-state index in [9.17, 15) is 0 Å². The van der Waals surface area contributed by atoms with Crippen molar-refractivity contribution in [3.05, 3.63) is 11.3 Å². The number of hydrogen-bond donors (Lipinski definition) is 1. The molecule has 1 aliphatic rings. The first kappa shape index (κ1) is 10.5. The molecule has 15 heavy (non-hydrogen) atoms. The van der Waals surface area contributed by atoms with Gasteiger partial charge < -0.3 is 5.73 Å². The molecule has 1 aliphatic carbocycles. The van der Waals surface area contributed by atoms with Gasteiger partial charge in [0.25, 0.3) is 0 Å². The second-order valence-electron chi connectivity index (χ2n) is 4.71. The highest BCUT2D eigenvalue weighted by Crippen LogP contribution is 2.34. The molecule has 0 radical (unpaired) electrons. The van der Waals surface area contributed by atoms with Crippen LogP contribution in [0.3, 0.4) is 0 Å². The van der Waals surface area contributed by atoms with Gasteiger partial charge in [-0.05, 0) is 19.8 Å². The van der Waals surface area contributed by atoms with Gasteiger partial charge in [-0.3, -0.25) is 4.68 Å². The van der Waals surface area contributed by atoms with Gasteiger partial charge >= 0.3 is 0 Å². The van der Waals surface area contributed by atoms with E-state index in [0.717, 1.165) is 0 Å². The van der Waals surface area contributed by atoms with Crippen LogP contribution in [0.2, 0.25) is 0 Å². The molecule has 84 valence electrons. The van der Waals surface area contributed by atoms with Crippen LogP contribution in [0.1, 0.15) is 55.7 Å². The highest BCUT2D eigenvalue weighted by atomic mass is 15.3. The number of rotatable bonds is 1. The van der Waals surface area contributed by atoms with Gasteiger partial charge in [0, 0.05) is 24.2 Å². The van der Waals surface area contributed by atoms with Crippen molar-refractivity contribution in [2.45, 2.75) is 51.4 Å². The molecule has 1 saturated carbocycles. The van der Waals surface area contributed by atoms with Crippen molar-refractivity contribution < 1.29 is 0 Å². The van der Waals surface area contributed by atoms with Crippen molar-refractivity contribution in [3.63, 3.8) is 0 Å². The van der Waals surface area contributed by atoms with Gasteiger partial charge in [-0.1, -0.05) is 25.7 Å². The normalized spacial score (nSPS) is 19.1. The molecule has 3 heteroatoms. The molecule has 3 nitrogen and oxygen atoms in total. The van der Waals surface area contributed by atoms with E-state index in [4.69, 9.17) is 5.73 Å². The minimum absolute atomic E-state index is 0.683. The van der Waals surface area contributed by atoms with Gasteiger partial charge in [-0.25, -0.2) is 0 Å². The minimum Gasteiger partial charge on any atom is -0.382 e. The Kier molecular flexibility index (Phi) is 2.98. The Morgan fingerprint density at radius 1 is 1.20 bits per heavy atom. The molecule has 0 aromatic carbocycles. The Balaban J connectivity index is 2.26. The molecular weight excluding hydrogens is 186 g/mol. The van der Waals surface area contributed by atoms with Crippen LogP contribution in [0.5, 0.6) is 0 Å². The third-order valence-corrected chi connectivity index (χ3v) is 3.62. The fraction of sp³-hybridized carbons (Fsp3) is 0.750. The molecule has 1 aromatic rings. The summed E-state index contributed by atoms with van der Waals surface area (Å²) in [5.41, 5.74) is 8.42. The zero-order chi connectivity index (χ0) is 10.8. The molecule has 0 unspecified atom stereocenters. The Labute approximate surface area is 91.7 Å². The quantitative estimate of drug-likeness (QED) is 0.720. The number of nitrogen functional groups attached to an aromatic ring is 1. The van der Waals surface area contributed by atoms with Gasteiger partial charge in [0.15, 0.2) is 0 Å². The summed E-state index contributed by atoms with van der Waals surface area (Å²) in [6.45, 7) is 2.10. The van der Waals surface area contributed by atoms with E-state index in [1.807, 2.05) is 11.7 Å². The largest absolute Gasteiger partial charge is 0.382 e. The summed E-state index contributed by atoms with van der Waals surface area (Å²) in [5.74, 6) is 1.39. The maximum absolute atomic E-state index is 5.86. The first-order valence-electron chi connectivity index (χ1n) is 5.99. The zero-order valence-electron chi connectivity index (χ0n) is 9.79. The van der Waals surface area contributed by atoms with E-state index in [0.29, 0.717) is 11.7 Å². The Bertz CT molecular complexity index is 333. The van der Waals surface area contributed by atoms with Crippen LogP contribution in [0.25, 0.3) is 0 Å². The monoisotopic (exact) mass is 207 g/mol. The maximum atomic E-state index is 5.86. The average molecular weight is 207 g/mol. The first-order valence-corrected chi connectivity index (χ1v) is 5.99. The minimum atomic E-state index is 0.683. The standard InChI is InChI=1S/C12H21N3/c1-9-11(15(2)14-12(9)13)10-7-5-3-4-6-8-10/h10H,3-8H2,1-2H3,(H2,13,14). The molecule has 0 saturated heterocycles. The van der Waals surface area contributed by atoms with Gasteiger partial charge in [-0.2, -0.15) is 5.10 Å². The maximum Gasteiger partial charge on any atom is 0.148 e. The molecule has 0 bridgehead atoms. The SMILES string of the molecule is Cc1c(N)nn(C)c1C1CCCCCC1. The number of nitrogens with two attached hydrogens (primary N) is 1. The zero-order valence-corrected chi connectivity index (χ0v) is 9.79. The molecular formula is C12H21N3. The predicted octanol–water partition coefficient (Wildman–Crippen LogP) is 2.75. The van der Waals surface area contributed by atoms with E-state index in [-0.39, 0.29) is 0 Å². The lowest BCUT2D eigenvalue weighted by Gasteiger charge is -2.15. The molecule has 1 fully saturated rings. The third-order valence-electron chi connectivity index (χ3n) is 3.62. The van der Waals surface area contributed by atoms with Crippen molar-refractivity contribution in [2.75, 3.05) is 5.73 Å². The predicted molar refractivity (Wildman–Crippen MR) is 62.8 cm³/mol. The molecule has 0 atom stereocenters. The van der Waals surface area contributed by atoms with Crippen LogP contribution in [0.15, 0.2) is 0 Å². The first-order chi connectivity index (χ1) is 7.20. The molecule has 2 rings (SSSR count). The topological polar surface area (TPSA) is 43.8 Å². The van der Waals surface area contributed by atoms with E-state index >= 15 is 0 Å². The van der Waals surface area contributed by atoms with Gasteiger partial charge in [0.2, 0.25) is 0 Å². The van der Waals surface area contributed by atoms with Gasteiger partial charge in [0.1, 0.15) is 5.82 Å². The smallest absolute Gasteiger partial charge is 0.148 e. The van der Waals surface area contributed by atoms with Crippen LogP contribution in [0, 0.1) is 6.92 Å². The summed E-state index contributed by atoms with van der Waals surface area (Å²) in [6.07, 6.45) is 8.11. The van der Waals surface area contributed by atoms with Crippen LogP contribution in [0.4, 0.5) is 5.82 Å². The molecule has 0 spiro atoms. The number of nitrogens with zero attached hydrogens (tertiary/aromatic N) is 2. The van der Waals surface area contributed by atoms with Crippen LogP contribution >= 0.6 is 0 Å². The Hall–Kier alpha value is -0.990. The lowest BCUT2D eigenvalue weighted by Crippen LogP contribution is -2.06. The van der Waals surface area contributed by atoms with Crippen molar-refractivity contribution in [2.24, 2.45) is 7.05 Å². The summed E-state index contributed by atoms with van der Waals surface area (Å²) in [6, 6.07) is 0. The van der Waals surface area contributed by atoms with Crippen LogP contribution in [-0.4, -0.2) is 9.78 Å². The lowest BCUT2D eigenvalue weighted by atomic mass is 9.94. The number of aryl methyl sites for hydroxylation is 1. The van der Waals surface area contributed by atoms with Crippen molar-refractivity contribution in [1.29, 1.82) is 0 Å². The fourth-order valence-electron chi connectivity index (χ4n) is 2.79. The number of aromatic nitrogens is 2. The highest BCUT2D eigenvalue weighted by molar-refractivity contribution is 5.42. The average Bonchev–Trinajstić information content (AvgIpc) is 2.46. The van der Waals surface area contributed by atoms with E-state index in [2.05, 4.69) is 12.0 Å². The van der Waals surface area contributed by atoms with Gasteiger partial charge in [0.05, 0.1) is 0 Å².